The Morgan fingerprint density at radius 1 is 1.18 bits per heavy atom. The van der Waals surface area contributed by atoms with Gasteiger partial charge in [0.1, 0.15) is 17.2 Å². The highest BCUT2D eigenvalue weighted by Gasteiger charge is 2.44. The molecule has 1 aliphatic carbocycles. The number of anilines is 3. The molecule has 9 nitrogen and oxygen atoms in total. The zero-order valence-corrected chi connectivity index (χ0v) is 22.7. The molecule has 2 N–H and O–H groups in total. The van der Waals surface area contributed by atoms with Gasteiger partial charge in [0.2, 0.25) is 5.95 Å². The predicted molar refractivity (Wildman–Crippen MR) is 148 cm³/mol. The van der Waals surface area contributed by atoms with Crippen LogP contribution in [0.3, 0.4) is 0 Å². The number of aliphatic hydroxyl groups excluding tert-OH is 1. The van der Waals surface area contributed by atoms with Gasteiger partial charge >= 0.3 is 0 Å². The van der Waals surface area contributed by atoms with Gasteiger partial charge < -0.3 is 24.8 Å². The van der Waals surface area contributed by atoms with Crippen molar-refractivity contribution in [2.45, 2.75) is 38.6 Å². The molecule has 1 aliphatic heterocycles. The minimum atomic E-state index is -0.304. The van der Waals surface area contributed by atoms with E-state index >= 15 is 4.39 Å². The van der Waals surface area contributed by atoms with Crippen LogP contribution in [0.1, 0.15) is 43.6 Å². The second-order valence-corrected chi connectivity index (χ2v) is 11.0. The predicted octanol–water partition coefficient (Wildman–Crippen LogP) is 3.67. The Bertz CT molecular complexity index is 1310. The van der Waals surface area contributed by atoms with Crippen molar-refractivity contribution in [3.05, 3.63) is 42.0 Å². The fourth-order valence-electron chi connectivity index (χ4n) is 5.81. The van der Waals surface area contributed by atoms with Gasteiger partial charge in [0.25, 0.3) is 5.91 Å². The molecule has 1 aromatic carbocycles. The van der Waals surface area contributed by atoms with Gasteiger partial charge in [-0.1, -0.05) is 13.8 Å². The van der Waals surface area contributed by atoms with Gasteiger partial charge in [-0.2, -0.15) is 4.98 Å². The van der Waals surface area contributed by atoms with Crippen LogP contribution in [0.15, 0.2) is 30.5 Å². The van der Waals surface area contributed by atoms with Gasteiger partial charge in [-0.25, -0.2) is 9.37 Å². The lowest BCUT2D eigenvalue weighted by Gasteiger charge is -2.48. The SMILES string of the molecule is CC(C)C1(n2c(C(=O)N(C)C)cc3cnc(Nc4ccc(N5CCN(CCO)CC5)c(F)c4)nc32)CCC1. The maximum absolute atomic E-state index is 15.1. The van der Waals surface area contributed by atoms with Gasteiger partial charge in [0.15, 0.2) is 0 Å². The van der Waals surface area contributed by atoms with Crippen LogP contribution in [0.25, 0.3) is 11.0 Å². The Balaban J connectivity index is 1.43. The topological polar surface area (TPSA) is 89.8 Å². The number of benzene rings is 1. The molecule has 2 aromatic heterocycles. The lowest BCUT2D eigenvalue weighted by atomic mass is 9.69. The first-order valence-electron chi connectivity index (χ1n) is 13.5. The largest absolute Gasteiger partial charge is 0.395 e. The highest BCUT2D eigenvalue weighted by Crippen LogP contribution is 2.48. The van der Waals surface area contributed by atoms with Gasteiger partial charge in [-0.15, -0.1) is 0 Å². The van der Waals surface area contributed by atoms with E-state index in [-0.39, 0.29) is 23.9 Å². The lowest BCUT2D eigenvalue weighted by molar-refractivity contribution is 0.0679. The molecule has 0 radical (unpaired) electrons. The molecule has 0 atom stereocenters. The minimum Gasteiger partial charge on any atom is -0.395 e. The van der Waals surface area contributed by atoms with Crippen LogP contribution < -0.4 is 10.2 Å². The van der Waals surface area contributed by atoms with E-state index in [1.807, 2.05) is 17.0 Å². The summed E-state index contributed by atoms with van der Waals surface area (Å²) in [5, 5.41) is 13.1. The number of amides is 1. The van der Waals surface area contributed by atoms with Crippen LogP contribution >= 0.6 is 0 Å². The normalized spacial score (nSPS) is 17.6. The molecule has 0 bridgehead atoms. The van der Waals surface area contributed by atoms with Crippen LogP contribution in [-0.2, 0) is 5.54 Å². The van der Waals surface area contributed by atoms with Crippen molar-refractivity contribution in [2.75, 3.05) is 63.6 Å². The van der Waals surface area contributed by atoms with Gasteiger partial charge in [0.05, 0.1) is 12.3 Å². The third-order valence-corrected chi connectivity index (χ3v) is 8.24. The average molecular weight is 524 g/mol. The summed E-state index contributed by atoms with van der Waals surface area (Å²) < 4.78 is 17.3. The first-order chi connectivity index (χ1) is 18.2. The number of piperazine rings is 1. The van der Waals surface area contributed by atoms with E-state index in [4.69, 9.17) is 10.1 Å². The number of hydrogen-bond donors (Lipinski definition) is 2. The van der Waals surface area contributed by atoms with Gasteiger partial charge in [0, 0.05) is 69.6 Å². The van der Waals surface area contributed by atoms with Crippen LogP contribution in [0.4, 0.5) is 21.7 Å². The molecule has 3 aromatic rings. The van der Waals surface area contributed by atoms with Crippen molar-refractivity contribution in [1.82, 2.24) is 24.3 Å². The number of rotatable bonds is 8. The zero-order valence-electron chi connectivity index (χ0n) is 22.7. The van der Waals surface area contributed by atoms with Crippen LogP contribution in [-0.4, -0.2) is 88.8 Å². The van der Waals surface area contributed by atoms with Crippen molar-refractivity contribution in [2.24, 2.45) is 5.92 Å². The van der Waals surface area contributed by atoms with Crippen LogP contribution in [0, 0.1) is 11.7 Å². The molecule has 1 saturated heterocycles. The number of β-amino-alcohol motifs (C(OH)–C–C–N with tert-alkyl or cyclic N) is 1. The smallest absolute Gasteiger partial charge is 0.270 e. The van der Waals surface area contributed by atoms with E-state index in [1.165, 1.54) is 6.07 Å². The van der Waals surface area contributed by atoms with Gasteiger partial charge in [-0.3, -0.25) is 9.69 Å². The summed E-state index contributed by atoms with van der Waals surface area (Å²) in [7, 11) is 3.53. The summed E-state index contributed by atoms with van der Waals surface area (Å²) in [4.78, 5) is 28.3. The quantitative estimate of drug-likeness (QED) is 0.466. The van der Waals surface area contributed by atoms with E-state index in [1.54, 1.807) is 31.3 Å². The third-order valence-electron chi connectivity index (χ3n) is 8.24. The monoisotopic (exact) mass is 523 g/mol. The lowest BCUT2D eigenvalue weighted by Crippen LogP contribution is -2.47. The molecule has 1 amide bonds. The van der Waals surface area contributed by atoms with Gasteiger partial charge in [-0.05, 0) is 49.4 Å². The number of hydrogen-bond acceptors (Lipinski definition) is 7. The summed E-state index contributed by atoms with van der Waals surface area (Å²) in [5.74, 6) is 0.337. The standard InChI is InChI=1S/C28H38FN7O2/c1-19(2)28(8-5-9-28)36-24(26(38)33(3)4)16-20-18-30-27(32-25(20)36)31-21-6-7-23(22(29)17-21)35-12-10-34(11-13-35)14-15-37/h6-7,16-19,37H,5,8-15H2,1-4H3,(H,30,31,32). The first-order valence-corrected chi connectivity index (χ1v) is 13.5. The number of nitrogens with zero attached hydrogens (tertiary/aromatic N) is 6. The van der Waals surface area contributed by atoms with E-state index in [0.29, 0.717) is 48.6 Å². The van der Waals surface area contributed by atoms with Crippen LogP contribution in [0.2, 0.25) is 0 Å². The molecule has 0 unspecified atom stereocenters. The fraction of sp³-hybridized carbons (Fsp3) is 0.536. The maximum Gasteiger partial charge on any atom is 0.270 e. The highest BCUT2D eigenvalue weighted by molar-refractivity contribution is 5.98. The number of nitrogens with one attached hydrogen (secondary N) is 1. The molecule has 3 heterocycles. The van der Waals surface area contributed by atoms with E-state index in [9.17, 15) is 4.79 Å². The Kier molecular flexibility index (Phi) is 7.28. The number of halogens is 1. The second-order valence-electron chi connectivity index (χ2n) is 11.0. The van der Waals surface area contributed by atoms with E-state index in [2.05, 4.69) is 33.6 Å². The summed E-state index contributed by atoms with van der Waals surface area (Å²) in [5.41, 5.74) is 2.32. The number of fused-ring (bicyclic) bond motifs is 1. The molecule has 2 fully saturated rings. The summed E-state index contributed by atoms with van der Waals surface area (Å²) in [6.45, 7) is 8.21. The number of aliphatic hydroxyl groups is 1. The molecule has 5 rings (SSSR count). The van der Waals surface area contributed by atoms with Crippen molar-refractivity contribution in [3.8, 4) is 0 Å². The minimum absolute atomic E-state index is 0.0562. The Morgan fingerprint density at radius 3 is 2.50 bits per heavy atom. The fourth-order valence-corrected chi connectivity index (χ4v) is 5.81. The molecule has 1 saturated carbocycles. The number of aromatic nitrogens is 3. The Labute approximate surface area is 223 Å². The molecule has 2 aliphatic rings. The van der Waals surface area contributed by atoms with E-state index in [0.717, 1.165) is 43.4 Å². The molecule has 38 heavy (non-hydrogen) atoms. The summed E-state index contributed by atoms with van der Waals surface area (Å²) >= 11 is 0. The summed E-state index contributed by atoms with van der Waals surface area (Å²) in [6.07, 6.45) is 4.84. The van der Waals surface area contributed by atoms with Crippen molar-refractivity contribution in [3.63, 3.8) is 0 Å². The molecule has 204 valence electrons. The first kappa shape index (κ1) is 26.4. The highest BCUT2D eigenvalue weighted by atomic mass is 19.1. The van der Waals surface area contributed by atoms with Crippen molar-refractivity contribution < 1.29 is 14.3 Å². The Morgan fingerprint density at radius 2 is 1.92 bits per heavy atom. The maximum atomic E-state index is 15.1. The number of carbonyl (C=O) groups excluding carboxylic acids is 1. The van der Waals surface area contributed by atoms with Crippen molar-refractivity contribution in [1.29, 1.82) is 0 Å². The number of carbonyl (C=O) groups is 1. The second kappa shape index (κ2) is 10.5. The summed E-state index contributed by atoms with van der Waals surface area (Å²) in [6, 6.07) is 6.99. The average Bonchev–Trinajstić information content (AvgIpc) is 3.22. The molecular formula is C28H38FN7O2. The van der Waals surface area contributed by atoms with Crippen LogP contribution in [0.5, 0.6) is 0 Å². The molecule has 0 spiro atoms. The molecule has 10 heteroatoms. The Hall–Kier alpha value is -3.24. The van der Waals surface area contributed by atoms with Crippen molar-refractivity contribution >= 4 is 34.3 Å². The molecular weight excluding hydrogens is 485 g/mol. The van der Waals surface area contributed by atoms with E-state index < -0.39 is 0 Å². The zero-order chi connectivity index (χ0) is 27.0. The third kappa shape index (κ3) is 4.71.